The van der Waals surface area contributed by atoms with Crippen LogP contribution < -0.4 is 10.6 Å². The van der Waals surface area contributed by atoms with Crippen molar-refractivity contribution in [3.63, 3.8) is 0 Å². The summed E-state index contributed by atoms with van der Waals surface area (Å²) in [7, 11) is 1.87. The number of aromatic nitrogens is 2. The molecule has 0 amide bonds. The highest BCUT2D eigenvalue weighted by Gasteiger charge is 2.15. The summed E-state index contributed by atoms with van der Waals surface area (Å²) in [5.74, 6) is 1.69. The molecule has 0 unspecified atom stereocenters. The Kier molecular flexibility index (Phi) is 4.35. The monoisotopic (exact) mass is 290 g/mol. The van der Waals surface area contributed by atoms with Gasteiger partial charge in [-0.15, -0.1) is 11.3 Å². The zero-order valence-corrected chi connectivity index (χ0v) is 12.8. The molecule has 0 bridgehead atoms. The molecule has 0 radical (unpaired) electrons. The first kappa shape index (κ1) is 13.6. The molecule has 3 rings (SSSR count). The molecule has 2 heterocycles. The van der Waals surface area contributed by atoms with Gasteiger partial charge in [0.05, 0.1) is 5.39 Å². The fourth-order valence-corrected chi connectivity index (χ4v) is 3.63. The van der Waals surface area contributed by atoms with E-state index in [1.54, 1.807) is 11.3 Å². The number of hydrogen-bond acceptors (Lipinski definition) is 5. The van der Waals surface area contributed by atoms with E-state index in [1.165, 1.54) is 44.9 Å². The molecule has 5 heteroatoms. The number of thiophene rings is 1. The lowest BCUT2D eigenvalue weighted by Crippen LogP contribution is -2.21. The van der Waals surface area contributed by atoms with E-state index < -0.39 is 0 Å². The summed E-state index contributed by atoms with van der Waals surface area (Å²) in [5, 5.41) is 9.96. The van der Waals surface area contributed by atoms with Crippen LogP contribution in [0.1, 0.15) is 44.9 Å². The summed E-state index contributed by atoms with van der Waals surface area (Å²) < 4.78 is 0. The number of nitrogens with one attached hydrogen (secondary N) is 2. The van der Waals surface area contributed by atoms with Gasteiger partial charge in [0.2, 0.25) is 5.95 Å². The van der Waals surface area contributed by atoms with Crippen molar-refractivity contribution >= 4 is 33.3 Å². The van der Waals surface area contributed by atoms with E-state index in [1.807, 2.05) is 7.05 Å². The lowest BCUT2D eigenvalue weighted by molar-refractivity contribution is 0.471. The number of hydrogen-bond donors (Lipinski definition) is 2. The Balaban J connectivity index is 1.82. The van der Waals surface area contributed by atoms with Gasteiger partial charge < -0.3 is 10.6 Å². The summed E-state index contributed by atoms with van der Waals surface area (Å²) in [6, 6.07) is 2.67. The van der Waals surface area contributed by atoms with Crippen LogP contribution >= 0.6 is 11.3 Å². The number of rotatable bonds is 3. The molecule has 4 nitrogen and oxygen atoms in total. The lowest BCUT2D eigenvalue weighted by Gasteiger charge is -2.22. The smallest absolute Gasteiger partial charge is 0.225 e. The van der Waals surface area contributed by atoms with Gasteiger partial charge in [-0.25, -0.2) is 4.98 Å². The second-order valence-corrected chi connectivity index (χ2v) is 6.37. The fourth-order valence-electron chi connectivity index (χ4n) is 2.87. The molecular formula is C15H22N4S. The van der Waals surface area contributed by atoms with Crippen molar-refractivity contribution in [3.8, 4) is 0 Å². The molecule has 1 aliphatic rings. The average molecular weight is 290 g/mol. The predicted molar refractivity (Wildman–Crippen MR) is 86.7 cm³/mol. The molecule has 2 aromatic rings. The standard InChI is InChI=1S/C15H22N4S/c1-16-15-18-13(12-9-10-20-14(12)19-15)17-11-7-5-3-2-4-6-8-11/h9-11H,2-8H2,1H3,(H2,16,17,18,19). The van der Waals surface area contributed by atoms with E-state index in [2.05, 4.69) is 32.0 Å². The molecule has 0 spiro atoms. The highest BCUT2D eigenvalue weighted by molar-refractivity contribution is 7.16. The van der Waals surface area contributed by atoms with E-state index in [9.17, 15) is 0 Å². The average Bonchev–Trinajstić information content (AvgIpc) is 2.89. The van der Waals surface area contributed by atoms with E-state index in [0.29, 0.717) is 12.0 Å². The molecular weight excluding hydrogens is 268 g/mol. The van der Waals surface area contributed by atoms with Crippen LogP contribution in [0.5, 0.6) is 0 Å². The predicted octanol–water partition coefficient (Wildman–Crippen LogP) is 4.26. The van der Waals surface area contributed by atoms with Crippen molar-refractivity contribution in [1.29, 1.82) is 0 Å². The SMILES string of the molecule is CNc1nc(NC2CCCCCCC2)c2ccsc2n1. The molecule has 0 atom stereocenters. The minimum atomic E-state index is 0.554. The molecule has 108 valence electrons. The van der Waals surface area contributed by atoms with Gasteiger partial charge in [-0.3, -0.25) is 0 Å². The maximum Gasteiger partial charge on any atom is 0.225 e. The zero-order chi connectivity index (χ0) is 13.8. The Morgan fingerprint density at radius 1 is 1.10 bits per heavy atom. The van der Waals surface area contributed by atoms with E-state index in [0.717, 1.165) is 16.0 Å². The van der Waals surface area contributed by atoms with Crippen LogP contribution in [0, 0.1) is 0 Å². The van der Waals surface area contributed by atoms with Crippen LogP contribution in [0.15, 0.2) is 11.4 Å². The molecule has 2 aromatic heterocycles. The van der Waals surface area contributed by atoms with Crippen molar-refractivity contribution < 1.29 is 0 Å². The Morgan fingerprint density at radius 3 is 2.60 bits per heavy atom. The van der Waals surface area contributed by atoms with E-state index >= 15 is 0 Å². The summed E-state index contributed by atoms with van der Waals surface area (Å²) in [4.78, 5) is 10.2. The molecule has 0 aliphatic heterocycles. The largest absolute Gasteiger partial charge is 0.367 e. The van der Waals surface area contributed by atoms with Crippen molar-refractivity contribution in [1.82, 2.24) is 9.97 Å². The van der Waals surface area contributed by atoms with Crippen LogP contribution in [0.25, 0.3) is 10.2 Å². The van der Waals surface area contributed by atoms with E-state index in [4.69, 9.17) is 0 Å². The summed E-state index contributed by atoms with van der Waals surface area (Å²) in [5.41, 5.74) is 0. The Hall–Kier alpha value is -1.36. The van der Waals surface area contributed by atoms with Crippen LogP contribution in [0.4, 0.5) is 11.8 Å². The second kappa shape index (κ2) is 6.39. The Labute approximate surface area is 124 Å². The van der Waals surface area contributed by atoms with Gasteiger partial charge in [-0.2, -0.15) is 4.98 Å². The Bertz CT molecular complexity index is 558. The highest BCUT2D eigenvalue weighted by Crippen LogP contribution is 2.28. The number of nitrogens with zero attached hydrogens (tertiary/aromatic N) is 2. The third-order valence-corrected chi connectivity index (χ3v) is 4.80. The lowest BCUT2D eigenvalue weighted by atomic mass is 9.97. The van der Waals surface area contributed by atoms with Crippen molar-refractivity contribution in [2.24, 2.45) is 0 Å². The number of anilines is 2. The maximum atomic E-state index is 4.61. The van der Waals surface area contributed by atoms with Crippen molar-refractivity contribution in [3.05, 3.63) is 11.4 Å². The van der Waals surface area contributed by atoms with Gasteiger partial charge in [0.25, 0.3) is 0 Å². The van der Waals surface area contributed by atoms with Crippen LogP contribution in [-0.2, 0) is 0 Å². The Morgan fingerprint density at radius 2 is 1.85 bits per heavy atom. The first-order chi connectivity index (χ1) is 9.86. The van der Waals surface area contributed by atoms with Gasteiger partial charge in [0.1, 0.15) is 10.6 Å². The molecule has 2 N–H and O–H groups in total. The normalized spacial score (nSPS) is 17.6. The topological polar surface area (TPSA) is 49.8 Å². The summed E-state index contributed by atoms with van der Waals surface area (Å²) in [6.07, 6.45) is 9.31. The first-order valence-corrected chi connectivity index (χ1v) is 8.44. The first-order valence-electron chi connectivity index (χ1n) is 7.56. The van der Waals surface area contributed by atoms with Crippen molar-refractivity contribution in [2.45, 2.75) is 51.0 Å². The molecule has 20 heavy (non-hydrogen) atoms. The van der Waals surface area contributed by atoms with Crippen molar-refractivity contribution in [2.75, 3.05) is 17.7 Å². The highest BCUT2D eigenvalue weighted by atomic mass is 32.1. The van der Waals surface area contributed by atoms with Gasteiger partial charge >= 0.3 is 0 Å². The molecule has 1 aliphatic carbocycles. The van der Waals surface area contributed by atoms with Crippen LogP contribution in [0.3, 0.4) is 0 Å². The van der Waals surface area contributed by atoms with Gasteiger partial charge in [-0.05, 0) is 24.3 Å². The second-order valence-electron chi connectivity index (χ2n) is 5.47. The third-order valence-electron chi connectivity index (χ3n) is 3.99. The van der Waals surface area contributed by atoms with Gasteiger partial charge in [0, 0.05) is 13.1 Å². The summed E-state index contributed by atoms with van der Waals surface area (Å²) >= 11 is 1.67. The quantitative estimate of drug-likeness (QED) is 0.887. The van der Waals surface area contributed by atoms with Gasteiger partial charge in [-0.1, -0.05) is 32.1 Å². The fraction of sp³-hybridized carbons (Fsp3) is 0.600. The minimum absolute atomic E-state index is 0.554. The van der Waals surface area contributed by atoms with Crippen LogP contribution in [0.2, 0.25) is 0 Å². The maximum absolute atomic E-state index is 4.61. The van der Waals surface area contributed by atoms with Gasteiger partial charge in [0.15, 0.2) is 0 Å². The van der Waals surface area contributed by atoms with E-state index in [-0.39, 0.29) is 0 Å². The summed E-state index contributed by atoms with van der Waals surface area (Å²) in [6.45, 7) is 0. The minimum Gasteiger partial charge on any atom is -0.367 e. The molecule has 0 aromatic carbocycles. The zero-order valence-electron chi connectivity index (χ0n) is 12.0. The van der Waals surface area contributed by atoms with Crippen LogP contribution in [-0.4, -0.2) is 23.1 Å². The molecule has 0 saturated heterocycles. The number of fused-ring (bicyclic) bond motifs is 1. The molecule has 1 saturated carbocycles. The molecule has 1 fully saturated rings. The third kappa shape index (κ3) is 3.03.